The van der Waals surface area contributed by atoms with Gasteiger partial charge in [0.2, 0.25) is 0 Å². The second-order valence-corrected chi connectivity index (χ2v) is 5.47. The van der Waals surface area contributed by atoms with E-state index in [2.05, 4.69) is 0 Å². The smallest absolute Gasteiger partial charge is 0.307 e. The van der Waals surface area contributed by atoms with E-state index in [-0.39, 0.29) is 36.4 Å². The molecular weight excluding hydrogens is 285 g/mol. The summed E-state index contributed by atoms with van der Waals surface area (Å²) in [5.74, 6) is -1.19. The fraction of sp³-hybridized carbons (Fsp3) is 0.529. The Labute approximate surface area is 130 Å². The molecule has 0 bridgehead atoms. The highest BCUT2D eigenvalue weighted by Crippen LogP contribution is 2.25. The summed E-state index contributed by atoms with van der Waals surface area (Å²) >= 11 is 0. The maximum absolute atomic E-state index is 13.9. The molecule has 0 aliphatic heterocycles. The zero-order valence-electron chi connectivity index (χ0n) is 12.9. The van der Waals surface area contributed by atoms with Gasteiger partial charge in [0.15, 0.2) is 0 Å². The Morgan fingerprint density at radius 3 is 2.59 bits per heavy atom. The van der Waals surface area contributed by atoms with E-state index in [1.165, 1.54) is 12.1 Å². The van der Waals surface area contributed by atoms with Crippen LogP contribution in [0.1, 0.15) is 49.4 Å². The van der Waals surface area contributed by atoms with Crippen LogP contribution in [0.2, 0.25) is 0 Å². The van der Waals surface area contributed by atoms with Crippen molar-refractivity contribution in [1.82, 2.24) is 4.90 Å². The molecule has 1 fully saturated rings. The van der Waals surface area contributed by atoms with Crippen molar-refractivity contribution < 1.29 is 18.7 Å². The number of halogens is 1. The van der Waals surface area contributed by atoms with Crippen molar-refractivity contribution in [2.24, 2.45) is 0 Å². The molecule has 2 rings (SSSR count). The third-order valence-corrected chi connectivity index (χ3v) is 3.99. The van der Waals surface area contributed by atoms with Crippen LogP contribution >= 0.6 is 0 Å². The van der Waals surface area contributed by atoms with Crippen LogP contribution in [0, 0.1) is 5.82 Å². The number of esters is 1. The third-order valence-electron chi connectivity index (χ3n) is 3.99. The molecule has 0 unspecified atom stereocenters. The maximum Gasteiger partial charge on any atom is 0.307 e. The Morgan fingerprint density at radius 2 is 1.95 bits per heavy atom. The summed E-state index contributed by atoms with van der Waals surface area (Å²) in [5.41, 5.74) is 0.0678. The minimum Gasteiger partial charge on any atom is -0.466 e. The fourth-order valence-electron chi connectivity index (χ4n) is 2.90. The summed E-state index contributed by atoms with van der Waals surface area (Å²) in [6, 6.07) is 6.07. The van der Waals surface area contributed by atoms with E-state index in [0.29, 0.717) is 6.61 Å². The molecular formula is C17H22FNO3. The molecule has 0 saturated heterocycles. The number of hydrogen-bond donors (Lipinski definition) is 0. The second kappa shape index (κ2) is 7.92. The summed E-state index contributed by atoms with van der Waals surface area (Å²) in [4.78, 5) is 25.9. The van der Waals surface area contributed by atoms with E-state index in [0.717, 1.165) is 25.7 Å². The standard InChI is InChI=1S/C17H22FNO3/c1-2-22-16(20)11-12-19(13-7-3-4-8-13)17(21)14-9-5-6-10-15(14)18/h5-6,9-10,13H,2-4,7-8,11-12H2,1H3. The van der Waals surface area contributed by atoms with Gasteiger partial charge in [0.05, 0.1) is 18.6 Å². The van der Waals surface area contributed by atoms with Crippen LogP contribution in [-0.4, -0.2) is 36.0 Å². The minimum atomic E-state index is -0.522. The molecule has 22 heavy (non-hydrogen) atoms. The monoisotopic (exact) mass is 307 g/mol. The lowest BCUT2D eigenvalue weighted by Crippen LogP contribution is -2.40. The highest BCUT2D eigenvalue weighted by molar-refractivity contribution is 5.95. The summed E-state index contributed by atoms with van der Waals surface area (Å²) in [6.45, 7) is 2.34. The van der Waals surface area contributed by atoms with Gasteiger partial charge in [0.25, 0.3) is 5.91 Å². The van der Waals surface area contributed by atoms with E-state index in [9.17, 15) is 14.0 Å². The molecule has 1 aliphatic carbocycles. The number of rotatable bonds is 6. The van der Waals surface area contributed by atoms with Gasteiger partial charge < -0.3 is 9.64 Å². The Morgan fingerprint density at radius 1 is 1.27 bits per heavy atom. The first-order valence-electron chi connectivity index (χ1n) is 7.84. The van der Waals surface area contributed by atoms with E-state index in [4.69, 9.17) is 4.74 Å². The Bertz CT molecular complexity index is 526. The van der Waals surface area contributed by atoms with Crippen molar-refractivity contribution in [3.05, 3.63) is 35.6 Å². The van der Waals surface area contributed by atoms with Crippen molar-refractivity contribution in [2.75, 3.05) is 13.2 Å². The topological polar surface area (TPSA) is 46.6 Å². The predicted molar refractivity (Wildman–Crippen MR) is 80.9 cm³/mol. The number of hydrogen-bond acceptors (Lipinski definition) is 3. The van der Waals surface area contributed by atoms with Crippen LogP contribution in [-0.2, 0) is 9.53 Å². The Balaban J connectivity index is 2.11. The van der Waals surface area contributed by atoms with Gasteiger partial charge in [-0.1, -0.05) is 25.0 Å². The molecule has 0 N–H and O–H groups in total. The summed E-state index contributed by atoms with van der Waals surface area (Å²) in [6.07, 6.45) is 4.08. The molecule has 120 valence electrons. The Kier molecular flexibility index (Phi) is 5.92. The van der Waals surface area contributed by atoms with Gasteiger partial charge in [-0.25, -0.2) is 4.39 Å². The molecule has 0 radical (unpaired) electrons. The first-order chi connectivity index (χ1) is 10.6. The molecule has 1 aromatic carbocycles. The maximum atomic E-state index is 13.9. The largest absolute Gasteiger partial charge is 0.466 e. The molecule has 1 saturated carbocycles. The molecule has 0 aromatic heterocycles. The number of ether oxygens (including phenoxy) is 1. The van der Waals surface area contributed by atoms with Gasteiger partial charge >= 0.3 is 5.97 Å². The van der Waals surface area contributed by atoms with Crippen LogP contribution in [0.5, 0.6) is 0 Å². The van der Waals surface area contributed by atoms with Crippen molar-refractivity contribution in [1.29, 1.82) is 0 Å². The SMILES string of the molecule is CCOC(=O)CCN(C(=O)c1ccccc1F)C1CCCC1. The highest BCUT2D eigenvalue weighted by Gasteiger charge is 2.29. The van der Waals surface area contributed by atoms with Gasteiger partial charge in [-0.2, -0.15) is 0 Å². The van der Waals surface area contributed by atoms with Gasteiger partial charge in [0, 0.05) is 12.6 Å². The van der Waals surface area contributed by atoms with Crippen LogP contribution in [0.25, 0.3) is 0 Å². The molecule has 1 aromatic rings. The van der Waals surface area contributed by atoms with Crippen LogP contribution in [0.4, 0.5) is 4.39 Å². The lowest BCUT2D eigenvalue weighted by Gasteiger charge is -2.29. The number of carbonyl (C=O) groups is 2. The molecule has 0 spiro atoms. The predicted octanol–water partition coefficient (Wildman–Crippen LogP) is 3.16. The van der Waals surface area contributed by atoms with E-state index in [1.54, 1.807) is 24.0 Å². The van der Waals surface area contributed by atoms with Crippen molar-refractivity contribution in [3.63, 3.8) is 0 Å². The number of amides is 1. The molecule has 0 atom stereocenters. The third kappa shape index (κ3) is 4.06. The number of carbonyl (C=O) groups excluding carboxylic acids is 2. The molecule has 4 nitrogen and oxygen atoms in total. The van der Waals surface area contributed by atoms with Gasteiger partial charge in [0.1, 0.15) is 5.82 Å². The summed E-state index contributed by atoms with van der Waals surface area (Å²) < 4.78 is 18.8. The van der Waals surface area contributed by atoms with E-state index >= 15 is 0 Å². The second-order valence-electron chi connectivity index (χ2n) is 5.47. The number of nitrogens with zero attached hydrogens (tertiary/aromatic N) is 1. The minimum absolute atomic E-state index is 0.0678. The van der Waals surface area contributed by atoms with Crippen LogP contribution in [0.15, 0.2) is 24.3 Å². The van der Waals surface area contributed by atoms with Crippen molar-refractivity contribution in [3.8, 4) is 0 Å². The molecule has 5 heteroatoms. The quantitative estimate of drug-likeness (QED) is 0.758. The Hall–Kier alpha value is -1.91. The van der Waals surface area contributed by atoms with Gasteiger partial charge in [-0.3, -0.25) is 9.59 Å². The zero-order chi connectivity index (χ0) is 15.9. The summed E-state index contributed by atoms with van der Waals surface area (Å²) in [5, 5.41) is 0. The average molecular weight is 307 g/mol. The van der Waals surface area contributed by atoms with Gasteiger partial charge in [-0.15, -0.1) is 0 Å². The van der Waals surface area contributed by atoms with E-state index < -0.39 is 5.82 Å². The van der Waals surface area contributed by atoms with Crippen LogP contribution < -0.4 is 0 Å². The molecule has 0 heterocycles. The highest BCUT2D eigenvalue weighted by atomic mass is 19.1. The van der Waals surface area contributed by atoms with Crippen molar-refractivity contribution >= 4 is 11.9 Å². The lowest BCUT2D eigenvalue weighted by atomic mass is 10.1. The number of benzene rings is 1. The van der Waals surface area contributed by atoms with E-state index in [1.807, 2.05) is 0 Å². The zero-order valence-corrected chi connectivity index (χ0v) is 12.9. The van der Waals surface area contributed by atoms with Crippen molar-refractivity contribution in [2.45, 2.75) is 45.1 Å². The normalized spacial score (nSPS) is 14.8. The molecule has 1 aliphatic rings. The molecule has 1 amide bonds. The lowest BCUT2D eigenvalue weighted by molar-refractivity contribution is -0.143. The fourth-order valence-corrected chi connectivity index (χ4v) is 2.90. The van der Waals surface area contributed by atoms with Crippen LogP contribution in [0.3, 0.4) is 0 Å². The first kappa shape index (κ1) is 16.5. The van der Waals surface area contributed by atoms with Gasteiger partial charge in [-0.05, 0) is 31.9 Å². The average Bonchev–Trinajstić information content (AvgIpc) is 3.02. The first-order valence-corrected chi connectivity index (χ1v) is 7.84. The summed E-state index contributed by atoms with van der Waals surface area (Å²) in [7, 11) is 0.